The summed E-state index contributed by atoms with van der Waals surface area (Å²) in [6.07, 6.45) is 14.6. The molecule has 0 aliphatic heterocycles. The van der Waals surface area contributed by atoms with Gasteiger partial charge in [0, 0.05) is 12.3 Å². The van der Waals surface area contributed by atoms with Gasteiger partial charge in [-0.25, -0.2) is 0 Å². The molecule has 0 amide bonds. The number of allylic oxidation sites excluding steroid dienone is 1. The monoisotopic (exact) mass is 386 g/mol. The van der Waals surface area contributed by atoms with E-state index in [0.29, 0.717) is 23.0 Å². The molecule has 0 heterocycles. The van der Waals surface area contributed by atoms with Gasteiger partial charge in [0.2, 0.25) is 0 Å². The highest BCUT2D eigenvalue weighted by molar-refractivity contribution is 5.82. The molecule has 158 valence electrons. The second-order valence-electron chi connectivity index (χ2n) is 11.6. The molecule has 3 fully saturated rings. The van der Waals surface area contributed by atoms with Crippen LogP contribution in [0, 0.1) is 40.4 Å². The van der Waals surface area contributed by atoms with Crippen molar-refractivity contribution in [3.05, 3.63) is 11.6 Å². The molecule has 4 rings (SSSR count). The number of aliphatic hydroxyl groups excluding tert-OH is 1. The van der Waals surface area contributed by atoms with Crippen LogP contribution in [0.4, 0.5) is 0 Å². The van der Waals surface area contributed by atoms with Gasteiger partial charge in [-0.05, 0) is 92.3 Å². The number of hydrogen-bond acceptors (Lipinski definition) is 2. The molecule has 2 heteroatoms. The highest BCUT2D eigenvalue weighted by atomic mass is 16.3. The van der Waals surface area contributed by atoms with Crippen molar-refractivity contribution < 1.29 is 9.90 Å². The van der Waals surface area contributed by atoms with Gasteiger partial charge in [0.25, 0.3) is 0 Å². The van der Waals surface area contributed by atoms with Crippen LogP contribution in [-0.2, 0) is 4.79 Å². The second kappa shape index (κ2) is 7.56. The van der Waals surface area contributed by atoms with Crippen molar-refractivity contribution in [1.29, 1.82) is 0 Å². The molecule has 0 radical (unpaired) electrons. The average Bonchev–Trinajstić information content (AvgIpc) is 2.99. The number of hydrogen-bond donors (Lipinski definition) is 1. The van der Waals surface area contributed by atoms with Gasteiger partial charge in [-0.1, -0.05) is 45.8 Å². The maximum absolute atomic E-state index is 13.1. The van der Waals surface area contributed by atoms with Crippen LogP contribution in [0.5, 0.6) is 0 Å². The number of Topliss-reactive ketones (excluding diaryl/α,β-unsaturated/α-hetero) is 1. The predicted octanol–water partition coefficient (Wildman–Crippen LogP) is 6.32. The van der Waals surface area contributed by atoms with Gasteiger partial charge in [0.1, 0.15) is 5.78 Å². The molecule has 1 N–H and O–H groups in total. The zero-order chi connectivity index (χ0) is 20.1. The molecular weight excluding hydrogens is 344 g/mol. The quantitative estimate of drug-likeness (QED) is 0.561. The lowest BCUT2D eigenvalue weighted by Crippen LogP contribution is -2.51. The number of rotatable bonds is 5. The lowest BCUT2D eigenvalue weighted by atomic mass is 9.47. The molecular formula is C26H42O2. The Morgan fingerprint density at radius 1 is 1.14 bits per heavy atom. The van der Waals surface area contributed by atoms with Crippen molar-refractivity contribution >= 4 is 5.78 Å². The standard InChI is InChI=1S/C26H42O2/c1-17(2)6-5-7-24(28)23-11-10-21-20-9-8-18-16-19(27)12-14-25(18,3)22(20)13-15-26(21,23)4/h8,17,19-23,27H,5-7,9-16H2,1-4H3/t19-,20-,21?,22-,23+,25-,26-/m0/s1. The van der Waals surface area contributed by atoms with Crippen LogP contribution in [0.15, 0.2) is 11.6 Å². The molecule has 0 aromatic heterocycles. The summed E-state index contributed by atoms with van der Waals surface area (Å²) >= 11 is 0. The summed E-state index contributed by atoms with van der Waals surface area (Å²) in [5, 5.41) is 10.2. The van der Waals surface area contributed by atoms with Crippen LogP contribution in [0.1, 0.15) is 98.3 Å². The van der Waals surface area contributed by atoms with Crippen LogP contribution < -0.4 is 0 Å². The first kappa shape index (κ1) is 20.6. The maximum Gasteiger partial charge on any atom is 0.136 e. The molecule has 4 aliphatic carbocycles. The molecule has 0 spiro atoms. The average molecular weight is 387 g/mol. The number of carbonyl (C=O) groups excluding carboxylic acids is 1. The topological polar surface area (TPSA) is 37.3 Å². The van der Waals surface area contributed by atoms with Crippen molar-refractivity contribution in [3.8, 4) is 0 Å². The Morgan fingerprint density at radius 2 is 1.93 bits per heavy atom. The van der Waals surface area contributed by atoms with E-state index in [1.807, 2.05) is 0 Å². The molecule has 4 aliphatic rings. The third-order valence-corrected chi connectivity index (χ3v) is 9.67. The summed E-state index contributed by atoms with van der Waals surface area (Å²) < 4.78 is 0. The van der Waals surface area contributed by atoms with Crippen LogP contribution >= 0.6 is 0 Å². The van der Waals surface area contributed by atoms with E-state index >= 15 is 0 Å². The molecule has 3 saturated carbocycles. The minimum Gasteiger partial charge on any atom is -0.393 e. The van der Waals surface area contributed by atoms with Crippen molar-refractivity contribution in [1.82, 2.24) is 0 Å². The van der Waals surface area contributed by atoms with Gasteiger partial charge in [-0.15, -0.1) is 0 Å². The molecule has 7 atom stereocenters. The molecule has 1 unspecified atom stereocenters. The highest BCUT2D eigenvalue weighted by Crippen LogP contribution is 2.66. The summed E-state index contributed by atoms with van der Waals surface area (Å²) in [6.45, 7) is 9.48. The smallest absolute Gasteiger partial charge is 0.136 e. The van der Waals surface area contributed by atoms with Gasteiger partial charge < -0.3 is 5.11 Å². The first-order valence-corrected chi connectivity index (χ1v) is 12.2. The summed E-state index contributed by atoms with van der Waals surface area (Å²) in [4.78, 5) is 13.1. The lowest BCUT2D eigenvalue weighted by Gasteiger charge is -2.58. The van der Waals surface area contributed by atoms with Crippen LogP contribution in [0.3, 0.4) is 0 Å². The summed E-state index contributed by atoms with van der Waals surface area (Å²) in [7, 11) is 0. The van der Waals surface area contributed by atoms with Gasteiger partial charge >= 0.3 is 0 Å². The molecule has 0 bridgehead atoms. The van der Waals surface area contributed by atoms with Crippen LogP contribution in [0.25, 0.3) is 0 Å². The number of aliphatic hydroxyl groups is 1. The Bertz CT molecular complexity index is 634. The van der Waals surface area contributed by atoms with E-state index in [1.54, 1.807) is 5.57 Å². The van der Waals surface area contributed by atoms with Gasteiger partial charge in [-0.2, -0.15) is 0 Å². The summed E-state index contributed by atoms with van der Waals surface area (Å²) in [5.74, 6) is 3.85. The highest BCUT2D eigenvalue weighted by Gasteiger charge is 2.59. The second-order valence-corrected chi connectivity index (χ2v) is 11.6. The Hall–Kier alpha value is -0.630. The van der Waals surface area contributed by atoms with Crippen molar-refractivity contribution in [3.63, 3.8) is 0 Å². The summed E-state index contributed by atoms with van der Waals surface area (Å²) in [6, 6.07) is 0. The van der Waals surface area contributed by atoms with Crippen molar-refractivity contribution in [2.45, 2.75) is 104 Å². The number of fused-ring (bicyclic) bond motifs is 5. The SMILES string of the molecule is CC(C)CCCC(=O)[C@H]1CCC2[C@@H]3CC=C4C[C@@H](O)CC[C@]4(C)[C@H]3CC[C@@]21C. The summed E-state index contributed by atoms with van der Waals surface area (Å²) in [5.41, 5.74) is 2.10. The van der Waals surface area contributed by atoms with E-state index in [4.69, 9.17) is 0 Å². The van der Waals surface area contributed by atoms with Crippen LogP contribution in [-0.4, -0.2) is 17.0 Å². The van der Waals surface area contributed by atoms with E-state index in [1.165, 1.54) is 32.1 Å². The van der Waals surface area contributed by atoms with Crippen molar-refractivity contribution in [2.24, 2.45) is 40.4 Å². The minimum atomic E-state index is -0.121. The van der Waals surface area contributed by atoms with E-state index in [2.05, 4.69) is 33.8 Å². The van der Waals surface area contributed by atoms with Gasteiger partial charge in [0.15, 0.2) is 0 Å². The fourth-order valence-corrected chi connectivity index (χ4v) is 8.03. The molecule has 0 aromatic carbocycles. The molecule has 2 nitrogen and oxygen atoms in total. The van der Waals surface area contributed by atoms with Gasteiger partial charge in [0.05, 0.1) is 6.10 Å². The maximum atomic E-state index is 13.1. The normalized spacial score (nSPS) is 45.2. The van der Waals surface area contributed by atoms with Crippen LogP contribution in [0.2, 0.25) is 0 Å². The Labute approximate surface area is 172 Å². The molecule has 0 aromatic rings. The minimum absolute atomic E-state index is 0.121. The zero-order valence-electron chi connectivity index (χ0n) is 18.7. The van der Waals surface area contributed by atoms with E-state index in [-0.39, 0.29) is 11.5 Å². The van der Waals surface area contributed by atoms with E-state index in [9.17, 15) is 9.90 Å². The van der Waals surface area contributed by atoms with Crippen molar-refractivity contribution in [2.75, 3.05) is 0 Å². The Balaban J connectivity index is 1.50. The number of carbonyl (C=O) groups is 1. The zero-order valence-corrected chi connectivity index (χ0v) is 18.7. The first-order valence-electron chi connectivity index (χ1n) is 12.2. The lowest BCUT2D eigenvalue weighted by molar-refractivity contribution is -0.129. The fourth-order valence-electron chi connectivity index (χ4n) is 8.03. The van der Waals surface area contributed by atoms with E-state index < -0.39 is 0 Å². The van der Waals surface area contributed by atoms with E-state index in [0.717, 1.165) is 56.3 Å². The Kier molecular flexibility index (Phi) is 5.57. The third-order valence-electron chi connectivity index (χ3n) is 9.67. The largest absolute Gasteiger partial charge is 0.393 e. The molecule has 0 saturated heterocycles. The number of ketones is 1. The molecule has 28 heavy (non-hydrogen) atoms. The fraction of sp³-hybridized carbons (Fsp3) is 0.885. The third kappa shape index (κ3) is 3.32. The first-order chi connectivity index (χ1) is 13.3. The predicted molar refractivity (Wildman–Crippen MR) is 115 cm³/mol. The Morgan fingerprint density at radius 3 is 2.68 bits per heavy atom. The van der Waals surface area contributed by atoms with Gasteiger partial charge in [-0.3, -0.25) is 4.79 Å².